The maximum Gasteiger partial charge on any atom is 0.342 e. The van der Waals surface area contributed by atoms with Gasteiger partial charge >= 0.3 is 11.9 Å². The summed E-state index contributed by atoms with van der Waals surface area (Å²) in [5.41, 5.74) is 0.990. The molecule has 0 bridgehead atoms. The summed E-state index contributed by atoms with van der Waals surface area (Å²) in [4.78, 5) is 23.2. The number of hydrogen-bond donors (Lipinski definition) is 0. The number of carbonyl (C=O) groups excluding carboxylic acids is 2. The lowest BCUT2D eigenvalue weighted by molar-refractivity contribution is -0.137. The minimum absolute atomic E-state index is 0.204. The summed E-state index contributed by atoms with van der Waals surface area (Å²) in [6.07, 6.45) is 2.88. The number of carbonyl (C=O) groups is 2. The predicted octanol–water partition coefficient (Wildman–Crippen LogP) is 3.42. The van der Waals surface area contributed by atoms with Gasteiger partial charge in [0.25, 0.3) is 0 Å². The van der Waals surface area contributed by atoms with E-state index >= 15 is 0 Å². The first-order valence-electron chi connectivity index (χ1n) is 7.73. The van der Waals surface area contributed by atoms with Gasteiger partial charge < -0.3 is 18.6 Å². The van der Waals surface area contributed by atoms with Gasteiger partial charge in [0.2, 0.25) is 0 Å². The lowest BCUT2D eigenvalue weighted by atomic mass is 10.1. The standard InChI is InChI=1S/C18H20O6/c1-4-21-16(19)7-6-10-23-13-8-9-15-14(11-13)17(12(3)24-15)18(20)22-5-2/h6-9,11H,4-5,10H2,1-3H3. The third kappa shape index (κ3) is 4.16. The van der Waals surface area contributed by atoms with E-state index in [1.807, 2.05) is 0 Å². The smallest absolute Gasteiger partial charge is 0.342 e. The first-order chi connectivity index (χ1) is 11.6. The maximum absolute atomic E-state index is 12.1. The van der Waals surface area contributed by atoms with Gasteiger partial charge in [0.15, 0.2) is 0 Å². The molecule has 0 amide bonds. The van der Waals surface area contributed by atoms with Gasteiger partial charge in [-0.3, -0.25) is 0 Å². The lowest BCUT2D eigenvalue weighted by Gasteiger charge is -2.04. The molecule has 6 heteroatoms. The van der Waals surface area contributed by atoms with E-state index < -0.39 is 11.9 Å². The molecule has 2 aromatic rings. The van der Waals surface area contributed by atoms with E-state index in [1.165, 1.54) is 6.08 Å². The van der Waals surface area contributed by atoms with E-state index in [-0.39, 0.29) is 6.61 Å². The van der Waals surface area contributed by atoms with Crippen LogP contribution >= 0.6 is 0 Å². The van der Waals surface area contributed by atoms with E-state index in [0.717, 1.165) is 0 Å². The SMILES string of the molecule is CCOC(=O)C=CCOc1ccc2oc(C)c(C(=O)OCC)c2c1. The number of furan rings is 1. The average Bonchev–Trinajstić information content (AvgIpc) is 2.87. The Bertz CT molecular complexity index is 756. The molecule has 0 fully saturated rings. The van der Waals surface area contributed by atoms with E-state index in [0.29, 0.717) is 41.3 Å². The van der Waals surface area contributed by atoms with Crippen molar-refractivity contribution in [2.45, 2.75) is 20.8 Å². The van der Waals surface area contributed by atoms with Crippen LogP contribution in [0.3, 0.4) is 0 Å². The van der Waals surface area contributed by atoms with Crippen LogP contribution in [0.2, 0.25) is 0 Å². The molecular formula is C18H20O6. The van der Waals surface area contributed by atoms with Gasteiger partial charge in [0.05, 0.1) is 13.2 Å². The van der Waals surface area contributed by atoms with Crippen molar-refractivity contribution < 1.29 is 28.2 Å². The summed E-state index contributed by atoms with van der Waals surface area (Å²) in [7, 11) is 0. The highest BCUT2D eigenvalue weighted by atomic mass is 16.5. The second-order valence-electron chi connectivity index (χ2n) is 4.88. The summed E-state index contributed by atoms with van der Waals surface area (Å²) in [6.45, 7) is 6.03. The second kappa shape index (κ2) is 8.19. The Morgan fingerprint density at radius 3 is 2.62 bits per heavy atom. The molecule has 0 atom stereocenters. The molecule has 0 aliphatic rings. The van der Waals surface area contributed by atoms with E-state index in [2.05, 4.69) is 0 Å². The van der Waals surface area contributed by atoms with Crippen LogP contribution in [0.1, 0.15) is 30.0 Å². The number of rotatable bonds is 7. The molecule has 6 nitrogen and oxygen atoms in total. The Morgan fingerprint density at radius 2 is 1.92 bits per heavy atom. The van der Waals surface area contributed by atoms with Gasteiger partial charge in [0.1, 0.15) is 29.3 Å². The third-order valence-electron chi connectivity index (χ3n) is 3.20. The summed E-state index contributed by atoms with van der Waals surface area (Å²) < 4.78 is 21.0. The molecule has 24 heavy (non-hydrogen) atoms. The Labute approximate surface area is 140 Å². The Balaban J connectivity index is 2.14. The number of esters is 2. The highest BCUT2D eigenvalue weighted by molar-refractivity contribution is 6.04. The molecule has 0 radical (unpaired) electrons. The van der Waals surface area contributed by atoms with Gasteiger partial charge in [-0.2, -0.15) is 0 Å². The van der Waals surface area contributed by atoms with Gasteiger partial charge in [-0.25, -0.2) is 9.59 Å². The lowest BCUT2D eigenvalue weighted by Crippen LogP contribution is -2.05. The van der Waals surface area contributed by atoms with Crippen molar-refractivity contribution in [2.75, 3.05) is 19.8 Å². The first-order valence-corrected chi connectivity index (χ1v) is 7.73. The molecule has 0 saturated carbocycles. The number of hydrogen-bond acceptors (Lipinski definition) is 6. The van der Waals surface area contributed by atoms with Crippen LogP contribution in [-0.4, -0.2) is 31.8 Å². The fourth-order valence-electron chi connectivity index (χ4n) is 2.22. The van der Waals surface area contributed by atoms with Crippen LogP contribution in [0.15, 0.2) is 34.8 Å². The number of ether oxygens (including phenoxy) is 3. The normalized spacial score (nSPS) is 11.0. The Hall–Kier alpha value is -2.76. The second-order valence-corrected chi connectivity index (χ2v) is 4.88. The van der Waals surface area contributed by atoms with Crippen LogP contribution in [0.25, 0.3) is 11.0 Å². The van der Waals surface area contributed by atoms with Crippen molar-refractivity contribution in [3.63, 3.8) is 0 Å². The van der Waals surface area contributed by atoms with Gasteiger partial charge in [-0.15, -0.1) is 0 Å². The maximum atomic E-state index is 12.1. The van der Waals surface area contributed by atoms with Crippen LogP contribution in [0.5, 0.6) is 5.75 Å². The summed E-state index contributed by atoms with van der Waals surface area (Å²) in [6, 6.07) is 5.18. The van der Waals surface area contributed by atoms with Crippen LogP contribution in [0.4, 0.5) is 0 Å². The van der Waals surface area contributed by atoms with E-state index in [1.54, 1.807) is 45.0 Å². The van der Waals surface area contributed by atoms with Crippen molar-refractivity contribution in [2.24, 2.45) is 0 Å². The summed E-state index contributed by atoms with van der Waals surface area (Å²) >= 11 is 0. The first kappa shape index (κ1) is 17.6. The van der Waals surface area contributed by atoms with Crippen molar-refractivity contribution in [1.82, 2.24) is 0 Å². The van der Waals surface area contributed by atoms with Gasteiger partial charge in [0, 0.05) is 11.5 Å². The molecule has 2 rings (SSSR count). The Morgan fingerprint density at radius 1 is 1.17 bits per heavy atom. The zero-order chi connectivity index (χ0) is 17.5. The zero-order valence-electron chi connectivity index (χ0n) is 14.0. The van der Waals surface area contributed by atoms with Crippen LogP contribution in [0, 0.1) is 6.92 Å². The molecule has 0 unspecified atom stereocenters. The van der Waals surface area contributed by atoms with Gasteiger partial charge in [-0.05, 0) is 45.0 Å². The molecule has 0 saturated heterocycles. The van der Waals surface area contributed by atoms with Crippen LogP contribution < -0.4 is 4.74 Å². The monoisotopic (exact) mass is 332 g/mol. The van der Waals surface area contributed by atoms with Crippen LogP contribution in [-0.2, 0) is 14.3 Å². The highest BCUT2D eigenvalue weighted by Gasteiger charge is 2.19. The topological polar surface area (TPSA) is 75.0 Å². The molecular weight excluding hydrogens is 312 g/mol. The number of fused-ring (bicyclic) bond motifs is 1. The van der Waals surface area contributed by atoms with Crippen molar-refractivity contribution >= 4 is 22.9 Å². The molecule has 0 N–H and O–H groups in total. The molecule has 0 spiro atoms. The minimum Gasteiger partial charge on any atom is -0.490 e. The summed E-state index contributed by atoms with van der Waals surface area (Å²) in [5.74, 6) is 0.227. The highest BCUT2D eigenvalue weighted by Crippen LogP contribution is 2.29. The van der Waals surface area contributed by atoms with Gasteiger partial charge in [-0.1, -0.05) is 0 Å². The average molecular weight is 332 g/mol. The molecule has 1 aromatic carbocycles. The molecule has 1 heterocycles. The molecule has 0 aliphatic heterocycles. The molecule has 128 valence electrons. The van der Waals surface area contributed by atoms with E-state index in [9.17, 15) is 9.59 Å². The minimum atomic E-state index is -0.423. The number of benzene rings is 1. The van der Waals surface area contributed by atoms with Crippen molar-refractivity contribution in [1.29, 1.82) is 0 Å². The van der Waals surface area contributed by atoms with Crippen molar-refractivity contribution in [3.8, 4) is 5.75 Å². The zero-order valence-corrected chi connectivity index (χ0v) is 14.0. The Kier molecular flexibility index (Phi) is 6.01. The van der Waals surface area contributed by atoms with E-state index in [4.69, 9.17) is 18.6 Å². The largest absolute Gasteiger partial charge is 0.490 e. The number of aryl methyl sites for hydroxylation is 1. The quantitative estimate of drug-likeness (QED) is 0.571. The fourth-order valence-corrected chi connectivity index (χ4v) is 2.22. The fraction of sp³-hybridized carbons (Fsp3) is 0.333. The molecule has 1 aromatic heterocycles. The third-order valence-corrected chi connectivity index (χ3v) is 3.20. The summed E-state index contributed by atoms with van der Waals surface area (Å²) in [5, 5.41) is 0.637. The molecule has 0 aliphatic carbocycles. The van der Waals surface area contributed by atoms with Crippen molar-refractivity contribution in [3.05, 3.63) is 41.7 Å². The predicted molar refractivity (Wildman–Crippen MR) is 88.2 cm³/mol.